The quantitative estimate of drug-likeness (QED) is 0.765. The normalized spacial score (nSPS) is 23.6. The number of anilines is 1. The van der Waals surface area contributed by atoms with Gasteiger partial charge in [-0.2, -0.15) is 0 Å². The summed E-state index contributed by atoms with van der Waals surface area (Å²) in [5.74, 6) is 0.865. The second kappa shape index (κ2) is 7.31. The molecule has 0 aliphatic heterocycles. The lowest BCUT2D eigenvalue weighted by molar-refractivity contribution is 0.185. The molecule has 0 saturated heterocycles. The van der Waals surface area contributed by atoms with Gasteiger partial charge in [0.2, 0.25) is 0 Å². The van der Waals surface area contributed by atoms with E-state index in [1.165, 1.54) is 43.4 Å². The standard InChI is InChI=1S/C19H31NO/c1-19(2,3)16-8-6-9-17(12-11-16)20-18-10-5-7-15(13-18)14-21-4/h5,7,10,13,16-17,20H,6,8-9,11-12,14H2,1-4H3. The first-order chi connectivity index (χ1) is 9.99. The molecule has 2 heteroatoms. The zero-order chi connectivity index (χ0) is 15.3. The third-order valence-electron chi connectivity index (χ3n) is 4.80. The fourth-order valence-corrected chi connectivity index (χ4v) is 3.47. The lowest BCUT2D eigenvalue weighted by atomic mass is 9.76. The molecular formula is C19H31NO. The summed E-state index contributed by atoms with van der Waals surface area (Å²) in [7, 11) is 1.75. The van der Waals surface area contributed by atoms with Gasteiger partial charge in [0, 0.05) is 18.8 Å². The van der Waals surface area contributed by atoms with Crippen molar-refractivity contribution in [1.29, 1.82) is 0 Å². The van der Waals surface area contributed by atoms with Crippen molar-refractivity contribution in [3.63, 3.8) is 0 Å². The van der Waals surface area contributed by atoms with Crippen molar-refractivity contribution in [1.82, 2.24) is 0 Å². The third-order valence-corrected chi connectivity index (χ3v) is 4.80. The average Bonchev–Trinajstić information content (AvgIpc) is 2.65. The van der Waals surface area contributed by atoms with Gasteiger partial charge in [-0.1, -0.05) is 39.3 Å². The number of methoxy groups -OCH3 is 1. The van der Waals surface area contributed by atoms with Crippen molar-refractivity contribution < 1.29 is 4.74 Å². The van der Waals surface area contributed by atoms with Crippen LogP contribution in [-0.4, -0.2) is 13.2 Å². The number of nitrogens with one attached hydrogen (secondary N) is 1. The van der Waals surface area contributed by atoms with Crippen LogP contribution in [0.2, 0.25) is 0 Å². The maximum atomic E-state index is 5.22. The molecule has 1 N–H and O–H groups in total. The van der Waals surface area contributed by atoms with Crippen LogP contribution in [0.1, 0.15) is 58.4 Å². The molecule has 0 aromatic heterocycles. The summed E-state index contributed by atoms with van der Waals surface area (Å²) >= 11 is 0. The highest BCUT2D eigenvalue weighted by atomic mass is 16.5. The van der Waals surface area contributed by atoms with Gasteiger partial charge in [-0.3, -0.25) is 0 Å². The Kier molecular flexibility index (Phi) is 5.69. The summed E-state index contributed by atoms with van der Waals surface area (Å²) in [6.07, 6.45) is 6.65. The Labute approximate surface area is 130 Å². The molecule has 0 spiro atoms. The molecule has 1 aromatic carbocycles. The first-order valence-corrected chi connectivity index (χ1v) is 8.33. The Morgan fingerprint density at radius 1 is 1.14 bits per heavy atom. The molecule has 1 aliphatic carbocycles. The highest BCUT2D eigenvalue weighted by molar-refractivity contribution is 5.46. The van der Waals surface area contributed by atoms with Crippen molar-refractivity contribution in [2.45, 2.75) is 65.5 Å². The van der Waals surface area contributed by atoms with Gasteiger partial charge in [0.25, 0.3) is 0 Å². The molecule has 2 rings (SSSR count). The van der Waals surface area contributed by atoms with Crippen molar-refractivity contribution >= 4 is 5.69 Å². The van der Waals surface area contributed by atoms with Gasteiger partial charge in [0.05, 0.1) is 6.61 Å². The summed E-state index contributed by atoms with van der Waals surface area (Å²) in [5.41, 5.74) is 2.93. The number of hydrogen-bond donors (Lipinski definition) is 1. The molecule has 0 amide bonds. The van der Waals surface area contributed by atoms with Gasteiger partial charge in [0.15, 0.2) is 0 Å². The molecule has 2 unspecified atom stereocenters. The van der Waals surface area contributed by atoms with E-state index in [2.05, 4.69) is 50.4 Å². The number of ether oxygens (including phenoxy) is 1. The lowest BCUT2D eigenvalue weighted by Gasteiger charge is -2.29. The minimum atomic E-state index is 0.452. The summed E-state index contributed by atoms with van der Waals surface area (Å²) < 4.78 is 5.22. The number of hydrogen-bond acceptors (Lipinski definition) is 2. The second-order valence-electron chi connectivity index (χ2n) is 7.55. The molecule has 21 heavy (non-hydrogen) atoms. The lowest BCUT2D eigenvalue weighted by Crippen LogP contribution is -2.21. The van der Waals surface area contributed by atoms with E-state index in [1.807, 2.05) is 0 Å². The van der Waals surface area contributed by atoms with E-state index in [0.717, 1.165) is 5.92 Å². The summed E-state index contributed by atoms with van der Waals surface area (Å²) in [6, 6.07) is 9.25. The molecule has 2 nitrogen and oxygen atoms in total. The van der Waals surface area contributed by atoms with E-state index < -0.39 is 0 Å². The van der Waals surface area contributed by atoms with E-state index in [9.17, 15) is 0 Å². The molecule has 1 saturated carbocycles. The van der Waals surface area contributed by atoms with Crippen LogP contribution >= 0.6 is 0 Å². The van der Waals surface area contributed by atoms with Crippen LogP contribution < -0.4 is 5.32 Å². The van der Waals surface area contributed by atoms with Gasteiger partial charge in [-0.05, 0) is 54.7 Å². The third kappa shape index (κ3) is 5.03. The molecular weight excluding hydrogens is 258 g/mol. The second-order valence-corrected chi connectivity index (χ2v) is 7.55. The highest BCUT2D eigenvalue weighted by Crippen LogP contribution is 2.37. The number of benzene rings is 1. The Morgan fingerprint density at radius 2 is 1.95 bits per heavy atom. The van der Waals surface area contributed by atoms with Crippen LogP contribution in [0.15, 0.2) is 24.3 Å². The summed E-state index contributed by atoms with van der Waals surface area (Å²) in [4.78, 5) is 0. The average molecular weight is 289 g/mol. The Morgan fingerprint density at radius 3 is 2.67 bits per heavy atom. The van der Waals surface area contributed by atoms with E-state index in [4.69, 9.17) is 4.74 Å². The predicted octanol–water partition coefficient (Wildman–Crippen LogP) is 5.24. The van der Waals surface area contributed by atoms with Crippen LogP contribution in [0.25, 0.3) is 0 Å². The summed E-state index contributed by atoms with van der Waals surface area (Å²) in [6.45, 7) is 7.85. The van der Waals surface area contributed by atoms with Gasteiger partial charge in [0.1, 0.15) is 0 Å². The Hall–Kier alpha value is -1.02. The van der Waals surface area contributed by atoms with Crippen molar-refractivity contribution in [2.75, 3.05) is 12.4 Å². The first-order valence-electron chi connectivity index (χ1n) is 8.33. The van der Waals surface area contributed by atoms with Crippen molar-refractivity contribution in [2.24, 2.45) is 11.3 Å². The van der Waals surface area contributed by atoms with E-state index >= 15 is 0 Å². The van der Waals surface area contributed by atoms with Crippen molar-refractivity contribution in [3.05, 3.63) is 29.8 Å². The topological polar surface area (TPSA) is 21.3 Å². The summed E-state index contributed by atoms with van der Waals surface area (Å²) in [5, 5.41) is 3.74. The first kappa shape index (κ1) is 16.4. The fraction of sp³-hybridized carbons (Fsp3) is 0.684. The molecule has 0 bridgehead atoms. The minimum absolute atomic E-state index is 0.452. The van der Waals surface area contributed by atoms with Gasteiger partial charge in [-0.15, -0.1) is 0 Å². The Bertz CT molecular complexity index is 435. The van der Waals surface area contributed by atoms with E-state index in [-0.39, 0.29) is 0 Å². The van der Waals surface area contributed by atoms with E-state index in [1.54, 1.807) is 7.11 Å². The zero-order valence-corrected chi connectivity index (χ0v) is 14.1. The smallest absolute Gasteiger partial charge is 0.0713 e. The van der Waals surface area contributed by atoms with Gasteiger partial charge < -0.3 is 10.1 Å². The van der Waals surface area contributed by atoms with Crippen LogP contribution in [0.4, 0.5) is 5.69 Å². The molecule has 1 fully saturated rings. The van der Waals surface area contributed by atoms with E-state index in [0.29, 0.717) is 18.1 Å². The largest absolute Gasteiger partial charge is 0.382 e. The zero-order valence-electron chi connectivity index (χ0n) is 14.1. The molecule has 0 radical (unpaired) electrons. The SMILES string of the molecule is COCc1cccc(NC2CCCC(C(C)(C)C)CC2)c1. The van der Waals surface area contributed by atoms with Gasteiger partial charge in [-0.25, -0.2) is 0 Å². The number of rotatable bonds is 4. The molecule has 1 aromatic rings. The molecule has 0 heterocycles. The maximum absolute atomic E-state index is 5.22. The van der Waals surface area contributed by atoms with Crippen LogP contribution in [0.3, 0.4) is 0 Å². The van der Waals surface area contributed by atoms with Crippen molar-refractivity contribution in [3.8, 4) is 0 Å². The maximum Gasteiger partial charge on any atom is 0.0713 e. The van der Waals surface area contributed by atoms with Crippen LogP contribution in [-0.2, 0) is 11.3 Å². The molecule has 1 aliphatic rings. The highest BCUT2D eigenvalue weighted by Gasteiger charge is 2.27. The van der Waals surface area contributed by atoms with Crippen LogP contribution in [0.5, 0.6) is 0 Å². The molecule has 118 valence electrons. The fourth-order valence-electron chi connectivity index (χ4n) is 3.47. The van der Waals surface area contributed by atoms with Crippen LogP contribution in [0, 0.1) is 11.3 Å². The minimum Gasteiger partial charge on any atom is -0.382 e. The van der Waals surface area contributed by atoms with Gasteiger partial charge >= 0.3 is 0 Å². The molecule has 2 atom stereocenters. The monoisotopic (exact) mass is 289 g/mol. The Balaban J connectivity index is 1.93. The predicted molar refractivity (Wildman–Crippen MR) is 90.6 cm³/mol.